The highest BCUT2D eigenvalue weighted by Gasteiger charge is 2.06. The molecule has 85 valence electrons. The summed E-state index contributed by atoms with van der Waals surface area (Å²) in [6, 6.07) is 19.0. The van der Waals surface area contributed by atoms with Gasteiger partial charge >= 0.3 is 0 Å². The fourth-order valence-electron chi connectivity index (χ4n) is 1.95. The van der Waals surface area contributed by atoms with E-state index in [0.717, 1.165) is 22.4 Å². The van der Waals surface area contributed by atoms with E-state index in [1.54, 1.807) is 18.6 Å². The van der Waals surface area contributed by atoms with E-state index in [0.29, 0.717) is 0 Å². The molecule has 2 heteroatoms. The highest BCUT2D eigenvalue weighted by Crippen LogP contribution is 2.29. The molecule has 2 aromatic heterocycles. The summed E-state index contributed by atoms with van der Waals surface area (Å²) >= 11 is 0. The van der Waals surface area contributed by atoms with Crippen LogP contribution in [0.3, 0.4) is 0 Å². The van der Waals surface area contributed by atoms with E-state index in [4.69, 9.17) is 0 Å². The molecule has 0 unspecified atom stereocenters. The van der Waals surface area contributed by atoms with Crippen LogP contribution in [0.2, 0.25) is 0 Å². The van der Waals surface area contributed by atoms with Crippen molar-refractivity contribution in [2.45, 2.75) is 0 Å². The van der Waals surface area contributed by atoms with Gasteiger partial charge in [0.05, 0.1) is 5.69 Å². The van der Waals surface area contributed by atoms with Gasteiger partial charge in [0, 0.05) is 24.2 Å². The van der Waals surface area contributed by atoms with Crippen LogP contribution in [-0.4, -0.2) is 9.97 Å². The van der Waals surface area contributed by atoms with Gasteiger partial charge in [0.1, 0.15) is 0 Å². The topological polar surface area (TPSA) is 25.8 Å². The average molecular weight is 231 g/mol. The molecule has 0 aliphatic rings. The second-order valence-electron chi connectivity index (χ2n) is 3.92. The minimum Gasteiger partial charge on any atom is -0.265 e. The van der Waals surface area contributed by atoms with Crippen LogP contribution in [0, 0.1) is 6.07 Å². The number of nitrogens with zero attached hydrogens (tertiary/aromatic N) is 2. The van der Waals surface area contributed by atoms with Gasteiger partial charge in [0.15, 0.2) is 0 Å². The van der Waals surface area contributed by atoms with E-state index >= 15 is 0 Å². The molecule has 0 saturated heterocycles. The third kappa shape index (κ3) is 2.00. The van der Waals surface area contributed by atoms with Gasteiger partial charge in [-0.3, -0.25) is 9.97 Å². The Labute approximate surface area is 106 Å². The lowest BCUT2D eigenvalue weighted by molar-refractivity contribution is 1.31. The Morgan fingerprint density at radius 3 is 2.50 bits per heavy atom. The molecule has 1 aromatic carbocycles. The highest BCUT2D eigenvalue weighted by molar-refractivity contribution is 5.81. The van der Waals surface area contributed by atoms with Crippen molar-refractivity contribution < 1.29 is 0 Å². The lowest BCUT2D eigenvalue weighted by Gasteiger charge is -2.08. The van der Waals surface area contributed by atoms with Gasteiger partial charge in [-0.1, -0.05) is 18.2 Å². The Bertz CT molecular complexity index is 575. The average Bonchev–Trinajstić information content (AvgIpc) is 2.49. The highest BCUT2D eigenvalue weighted by atomic mass is 14.7. The summed E-state index contributed by atoms with van der Waals surface area (Å²) in [4.78, 5) is 8.45. The van der Waals surface area contributed by atoms with Gasteiger partial charge in [-0.25, -0.2) is 0 Å². The zero-order valence-corrected chi connectivity index (χ0v) is 9.75. The zero-order chi connectivity index (χ0) is 12.2. The summed E-state index contributed by atoms with van der Waals surface area (Å²) in [6.07, 6.45) is 5.40. The van der Waals surface area contributed by atoms with Gasteiger partial charge in [-0.2, -0.15) is 0 Å². The van der Waals surface area contributed by atoms with Crippen molar-refractivity contribution in [3.63, 3.8) is 0 Å². The third-order valence-electron chi connectivity index (χ3n) is 2.80. The fourth-order valence-corrected chi connectivity index (χ4v) is 1.95. The van der Waals surface area contributed by atoms with Gasteiger partial charge in [0.2, 0.25) is 0 Å². The van der Waals surface area contributed by atoms with Crippen molar-refractivity contribution in [2.75, 3.05) is 0 Å². The molecule has 0 bridgehead atoms. The van der Waals surface area contributed by atoms with Crippen molar-refractivity contribution >= 4 is 0 Å². The largest absolute Gasteiger partial charge is 0.265 e. The number of hydrogen-bond donors (Lipinski definition) is 0. The first kappa shape index (κ1) is 10.7. The molecule has 1 radical (unpaired) electrons. The van der Waals surface area contributed by atoms with Crippen molar-refractivity contribution in [1.82, 2.24) is 9.97 Å². The Kier molecular flexibility index (Phi) is 2.84. The van der Waals surface area contributed by atoms with E-state index in [9.17, 15) is 0 Å². The summed E-state index contributed by atoms with van der Waals surface area (Å²) in [5, 5.41) is 0. The summed E-state index contributed by atoms with van der Waals surface area (Å²) < 4.78 is 0. The molecule has 18 heavy (non-hydrogen) atoms. The van der Waals surface area contributed by atoms with Crippen molar-refractivity contribution in [3.05, 3.63) is 73.2 Å². The Hall–Kier alpha value is -2.48. The molecule has 0 spiro atoms. The van der Waals surface area contributed by atoms with Gasteiger partial charge in [-0.15, -0.1) is 0 Å². The predicted octanol–water partition coefficient (Wildman–Crippen LogP) is 3.61. The number of benzene rings is 1. The number of aromatic nitrogens is 2. The molecular formula is C16H11N2. The Morgan fingerprint density at radius 1 is 0.833 bits per heavy atom. The SMILES string of the molecule is [c]1ccc(-c2ccncc2)c(-c2ccccn2)c1. The first-order chi connectivity index (χ1) is 8.95. The van der Waals surface area contributed by atoms with Crippen LogP contribution in [0.5, 0.6) is 0 Å². The second kappa shape index (κ2) is 4.80. The second-order valence-corrected chi connectivity index (χ2v) is 3.92. The van der Waals surface area contributed by atoms with E-state index in [-0.39, 0.29) is 0 Å². The van der Waals surface area contributed by atoms with E-state index in [1.165, 1.54) is 0 Å². The molecule has 0 N–H and O–H groups in total. The van der Waals surface area contributed by atoms with E-state index in [2.05, 4.69) is 22.1 Å². The van der Waals surface area contributed by atoms with Crippen LogP contribution < -0.4 is 0 Å². The monoisotopic (exact) mass is 231 g/mol. The molecule has 3 aromatic rings. The van der Waals surface area contributed by atoms with Crippen LogP contribution in [0.15, 0.2) is 67.1 Å². The Balaban J connectivity index is 2.18. The summed E-state index contributed by atoms with van der Waals surface area (Å²) in [6.45, 7) is 0. The molecule has 0 atom stereocenters. The minimum absolute atomic E-state index is 0.959. The third-order valence-corrected chi connectivity index (χ3v) is 2.80. The molecule has 0 aliphatic carbocycles. The van der Waals surface area contributed by atoms with E-state index < -0.39 is 0 Å². The maximum Gasteiger partial charge on any atom is 0.0708 e. The molecule has 0 saturated carbocycles. The van der Waals surface area contributed by atoms with Gasteiger partial charge in [0.25, 0.3) is 0 Å². The van der Waals surface area contributed by atoms with Crippen LogP contribution in [0.4, 0.5) is 0 Å². The number of pyridine rings is 2. The summed E-state index contributed by atoms with van der Waals surface area (Å²) in [5.74, 6) is 0. The quantitative estimate of drug-likeness (QED) is 0.673. The minimum atomic E-state index is 0.959. The van der Waals surface area contributed by atoms with Crippen LogP contribution in [0.1, 0.15) is 0 Å². The Morgan fingerprint density at radius 2 is 1.72 bits per heavy atom. The predicted molar refractivity (Wildman–Crippen MR) is 71.7 cm³/mol. The van der Waals surface area contributed by atoms with Crippen LogP contribution in [-0.2, 0) is 0 Å². The molecule has 2 nitrogen and oxygen atoms in total. The summed E-state index contributed by atoms with van der Waals surface area (Å²) in [5.41, 5.74) is 4.33. The first-order valence-corrected chi connectivity index (χ1v) is 5.77. The molecule has 0 aliphatic heterocycles. The smallest absolute Gasteiger partial charge is 0.0708 e. The van der Waals surface area contributed by atoms with Crippen molar-refractivity contribution in [3.8, 4) is 22.4 Å². The standard InChI is InChI=1S/C16H11N2/c1-2-6-15(16-7-3-4-10-18-16)14(5-1)13-8-11-17-12-9-13/h1,3-12H. The van der Waals surface area contributed by atoms with Crippen molar-refractivity contribution in [2.24, 2.45) is 0 Å². The summed E-state index contributed by atoms with van der Waals surface area (Å²) in [7, 11) is 0. The molecular weight excluding hydrogens is 220 g/mol. The molecule has 0 fully saturated rings. The fraction of sp³-hybridized carbons (Fsp3) is 0. The van der Waals surface area contributed by atoms with Gasteiger partial charge in [-0.05, 0) is 47.5 Å². The number of hydrogen-bond acceptors (Lipinski definition) is 2. The lowest BCUT2D eigenvalue weighted by Crippen LogP contribution is -1.87. The zero-order valence-electron chi connectivity index (χ0n) is 9.75. The first-order valence-electron chi connectivity index (χ1n) is 5.77. The number of rotatable bonds is 2. The lowest BCUT2D eigenvalue weighted by atomic mass is 9.98. The maximum absolute atomic E-state index is 4.40. The normalized spacial score (nSPS) is 10.2. The van der Waals surface area contributed by atoms with E-state index in [1.807, 2.05) is 42.5 Å². The molecule has 0 amide bonds. The maximum atomic E-state index is 4.40. The van der Waals surface area contributed by atoms with Crippen LogP contribution >= 0.6 is 0 Å². The van der Waals surface area contributed by atoms with Gasteiger partial charge < -0.3 is 0 Å². The van der Waals surface area contributed by atoms with Crippen molar-refractivity contribution in [1.29, 1.82) is 0 Å². The molecule has 2 heterocycles. The van der Waals surface area contributed by atoms with Crippen LogP contribution in [0.25, 0.3) is 22.4 Å². The molecule has 3 rings (SSSR count).